The van der Waals surface area contributed by atoms with Crippen LogP contribution in [0.15, 0.2) is 29.5 Å². The Bertz CT molecular complexity index is 721. The fraction of sp³-hybridized carbons (Fsp3) is 0.312. The van der Waals surface area contributed by atoms with E-state index in [0.29, 0.717) is 5.95 Å². The summed E-state index contributed by atoms with van der Waals surface area (Å²) in [6.07, 6.45) is 4.52. The number of thioether (sulfide) groups is 1. The van der Waals surface area contributed by atoms with Crippen molar-refractivity contribution in [3.05, 3.63) is 41.2 Å². The molecular weight excluding hydrogens is 312 g/mol. The molecule has 0 radical (unpaired) electrons. The van der Waals surface area contributed by atoms with Gasteiger partial charge in [-0.15, -0.1) is 0 Å². The summed E-state index contributed by atoms with van der Waals surface area (Å²) in [7, 11) is 3.25. The van der Waals surface area contributed by atoms with E-state index in [0.717, 1.165) is 40.7 Å². The quantitative estimate of drug-likeness (QED) is 0.671. The first kappa shape index (κ1) is 15.6. The fourth-order valence-corrected chi connectivity index (χ4v) is 3.23. The molecule has 1 aromatic heterocycles. The molecule has 2 aromatic rings. The summed E-state index contributed by atoms with van der Waals surface area (Å²) in [6.45, 7) is 0. The average molecular weight is 330 g/mol. The van der Waals surface area contributed by atoms with Crippen LogP contribution in [0.2, 0.25) is 0 Å². The van der Waals surface area contributed by atoms with Crippen molar-refractivity contribution in [2.75, 3.05) is 25.4 Å². The van der Waals surface area contributed by atoms with E-state index in [1.54, 1.807) is 20.4 Å². The van der Waals surface area contributed by atoms with Gasteiger partial charge in [0.2, 0.25) is 5.95 Å². The number of ether oxygens (including phenoxy) is 2. The number of rotatable bonds is 5. The number of hydrogen-bond acceptors (Lipinski definition) is 7. The Hall–Kier alpha value is -2.28. The van der Waals surface area contributed by atoms with E-state index >= 15 is 0 Å². The van der Waals surface area contributed by atoms with Gasteiger partial charge in [0.25, 0.3) is 0 Å². The molecule has 0 unspecified atom stereocenters. The summed E-state index contributed by atoms with van der Waals surface area (Å²) < 4.78 is 10.5. The summed E-state index contributed by atoms with van der Waals surface area (Å²) in [4.78, 5) is 8.81. The van der Waals surface area contributed by atoms with Gasteiger partial charge in [0, 0.05) is 23.1 Å². The topological polar surface area (TPSA) is 68.6 Å². The second-order valence-corrected chi connectivity index (χ2v) is 6.05. The Labute approximate surface area is 139 Å². The van der Waals surface area contributed by atoms with Gasteiger partial charge in [-0.1, -0.05) is 0 Å². The lowest BCUT2D eigenvalue weighted by molar-refractivity contribution is 0.402. The number of aryl methyl sites for hydroxylation is 1. The molecule has 3 rings (SSSR count). The molecule has 1 N–H and O–H groups in total. The predicted molar refractivity (Wildman–Crippen MR) is 92.7 cm³/mol. The Morgan fingerprint density at radius 2 is 2.22 bits per heavy atom. The highest BCUT2D eigenvalue weighted by atomic mass is 32.2. The molecule has 0 fully saturated rings. The van der Waals surface area contributed by atoms with Gasteiger partial charge in [-0.25, -0.2) is 15.4 Å². The second kappa shape index (κ2) is 7.32. The van der Waals surface area contributed by atoms with Gasteiger partial charge in [-0.3, -0.25) is 0 Å². The third-order valence-electron chi connectivity index (χ3n) is 3.50. The minimum atomic E-state index is 0.508. The van der Waals surface area contributed by atoms with Crippen LogP contribution in [0.1, 0.15) is 16.8 Å². The van der Waals surface area contributed by atoms with Gasteiger partial charge in [-0.2, -0.15) is 16.9 Å². The largest absolute Gasteiger partial charge is 0.497 e. The molecule has 0 saturated carbocycles. The Morgan fingerprint density at radius 3 is 3.04 bits per heavy atom. The summed E-state index contributed by atoms with van der Waals surface area (Å²) in [5.74, 6) is 4.07. The number of fused-ring (bicyclic) bond motifs is 1. The molecule has 6 nitrogen and oxygen atoms in total. The molecule has 0 saturated heterocycles. The van der Waals surface area contributed by atoms with Crippen LogP contribution in [0.5, 0.6) is 11.5 Å². The van der Waals surface area contributed by atoms with Crippen LogP contribution in [0, 0.1) is 0 Å². The molecule has 0 aliphatic carbocycles. The van der Waals surface area contributed by atoms with E-state index < -0.39 is 0 Å². The first-order valence-electron chi connectivity index (χ1n) is 7.24. The molecule has 0 bridgehead atoms. The number of nitrogens with one attached hydrogen (secondary N) is 1. The summed E-state index contributed by atoms with van der Waals surface area (Å²) >= 11 is 1.91. The Balaban J connectivity index is 1.74. The van der Waals surface area contributed by atoms with Crippen molar-refractivity contribution >= 4 is 23.9 Å². The van der Waals surface area contributed by atoms with Crippen LogP contribution in [-0.2, 0) is 12.2 Å². The first-order chi connectivity index (χ1) is 11.3. The van der Waals surface area contributed by atoms with Gasteiger partial charge < -0.3 is 9.47 Å². The molecule has 1 aliphatic heterocycles. The summed E-state index contributed by atoms with van der Waals surface area (Å²) in [5.41, 5.74) is 6.01. The molecule has 0 amide bonds. The van der Waals surface area contributed by atoms with Crippen LogP contribution < -0.4 is 14.9 Å². The zero-order valence-electron chi connectivity index (χ0n) is 13.1. The fourth-order valence-electron chi connectivity index (χ4n) is 2.28. The van der Waals surface area contributed by atoms with E-state index in [-0.39, 0.29) is 0 Å². The zero-order valence-corrected chi connectivity index (χ0v) is 13.9. The van der Waals surface area contributed by atoms with Gasteiger partial charge in [0.1, 0.15) is 11.5 Å². The highest BCUT2D eigenvalue weighted by molar-refractivity contribution is 7.98. The maximum Gasteiger partial charge on any atom is 0.243 e. The average Bonchev–Trinajstić information content (AvgIpc) is 2.61. The first-order valence-corrected chi connectivity index (χ1v) is 8.39. The molecule has 120 valence electrons. The highest BCUT2D eigenvalue weighted by Crippen LogP contribution is 2.24. The SMILES string of the molecule is COc1ccc(OC)c(C=NNc2ncc3c(n2)CCSC3)c1. The van der Waals surface area contributed by atoms with E-state index in [2.05, 4.69) is 20.5 Å². The summed E-state index contributed by atoms with van der Waals surface area (Å²) in [5, 5.41) is 4.20. The molecule has 0 atom stereocenters. The van der Waals surface area contributed by atoms with Gasteiger partial charge in [-0.05, 0) is 30.4 Å². The van der Waals surface area contributed by atoms with E-state index in [9.17, 15) is 0 Å². The number of nitrogens with zero attached hydrogens (tertiary/aromatic N) is 3. The van der Waals surface area contributed by atoms with Crippen molar-refractivity contribution in [2.45, 2.75) is 12.2 Å². The van der Waals surface area contributed by atoms with E-state index in [4.69, 9.17) is 9.47 Å². The number of hydrogen-bond donors (Lipinski definition) is 1. The van der Waals surface area contributed by atoms with Crippen LogP contribution >= 0.6 is 11.8 Å². The molecular formula is C16H18N4O2S. The molecule has 0 spiro atoms. The van der Waals surface area contributed by atoms with Gasteiger partial charge in [0.05, 0.1) is 26.1 Å². The lowest BCUT2D eigenvalue weighted by Gasteiger charge is -2.13. The Morgan fingerprint density at radius 1 is 1.30 bits per heavy atom. The number of methoxy groups -OCH3 is 2. The lowest BCUT2D eigenvalue weighted by Crippen LogP contribution is -2.08. The lowest BCUT2D eigenvalue weighted by atomic mass is 10.2. The molecule has 7 heteroatoms. The van der Waals surface area contributed by atoms with Crippen molar-refractivity contribution in [3.63, 3.8) is 0 Å². The molecule has 2 heterocycles. The molecule has 1 aliphatic rings. The maximum atomic E-state index is 5.31. The third kappa shape index (κ3) is 3.73. The highest BCUT2D eigenvalue weighted by Gasteiger charge is 2.11. The normalized spacial score (nSPS) is 13.7. The number of anilines is 1. The van der Waals surface area contributed by atoms with Crippen LogP contribution in [0.4, 0.5) is 5.95 Å². The van der Waals surface area contributed by atoms with E-state index in [1.165, 1.54) is 5.56 Å². The standard InChI is InChI=1S/C16H18N4O2S/c1-21-13-3-4-15(22-2)11(7-13)9-18-20-16-17-8-12-10-23-6-5-14(12)19-16/h3-4,7-9H,5-6,10H2,1-2H3,(H,17,19,20). The monoisotopic (exact) mass is 330 g/mol. The van der Waals surface area contributed by atoms with Crippen LogP contribution in [0.3, 0.4) is 0 Å². The van der Waals surface area contributed by atoms with Crippen LogP contribution in [-0.4, -0.2) is 36.2 Å². The molecule has 1 aromatic carbocycles. The van der Waals surface area contributed by atoms with Crippen molar-refractivity contribution in [1.82, 2.24) is 9.97 Å². The van der Waals surface area contributed by atoms with Crippen molar-refractivity contribution in [1.29, 1.82) is 0 Å². The minimum absolute atomic E-state index is 0.508. The van der Waals surface area contributed by atoms with E-state index in [1.807, 2.05) is 36.2 Å². The Kier molecular flexibility index (Phi) is 4.97. The minimum Gasteiger partial charge on any atom is -0.497 e. The smallest absolute Gasteiger partial charge is 0.243 e. The van der Waals surface area contributed by atoms with Crippen molar-refractivity contribution in [3.8, 4) is 11.5 Å². The predicted octanol–water partition coefficient (Wildman–Crippen LogP) is 2.73. The van der Waals surface area contributed by atoms with Gasteiger partial charge >= 0.3 is 0 Å². The van der Waals surface area contributed by atoms with Gasteiger partial charge in [0.15, 0.2) is 0 Å². The maximum absolute atomic E-state index is 5.31. The number of benzene rings is 1. The third-order valence-corrected chi connectivity index (χ3v) is 4.51. The van der Waals surface area contributed by atoms with Crippen molar-refractivity contribution in [2.24, 2.45) is 5.10 Å². The summed E-state index contributed by atoms with van der Waals surface area (Å²) in [6, 6.07) is 5.54. The number of aromatic nitrogens is 2. The second-order valence-electron chi connectivity index (χ2n) is 4.95. The molecule has 23 heavy (non-hydrogen) atoms. The number of hydrazone groups is 1. The zero-order chi connectivity index (χ0) is 16.1. The van der Waals surface area contributed by atoms with Crippen molar-refractivity contribution < 1.29 is 9.47 Å². The van der Waals surface area contributed by atoms with Crippen LogP contribution in [0.25, 0.3) is 0 Å².